The molecule has 0 saturated carbocycles. The topological polar surface area (TPSA) is 85.5 Å². The van der Waals surface area contributed by atoms with Crippen molar-refractivity contribution in [1.82, 2.24) is 14.4 Å². The van der Waals surface area contributed by atoms with E-state index in [1.54, 1.807) is 18.2 Å². The number of sulfonamides is 1. The van der Waals surface area contributed by atoms with Gasteiger partial charge in [-0.2, -0.15) is 9.29 Å². The van der Waals surface area contributed by atoms with Gasteiger partial charge >= 0.3 is 0 Å². The zero-order valence-corrected chi connectivity index (χ0v) is 12.5. The van der Waals surface area contributed by atoms with E-state index in [-0.39, 0.29) is 23.9 Å². The number of rotatable bonds is 4. The average Bonchev–Trinajstić information content (AvgIpc) is 3.04. The fraction of sp³-hybridized carbons (Fsp3) is 0.833. The molecule has 20 heavy (non-hydrogen) atoms. The Labute approximate surface area is 118 Å². The molecule has 3 rings (SSSR count). The Kier molecular flexibility index (Phi) is 3.55. The van der Waals surface area contributed by atoms with Gasteiger partial charge in [-0.15, -0.1) is 0 Å². The van der Waals surface area contributed by atoms with Crippen LogP contribution in [0.2, 0.25) is 0 Å². The van der Waals surface area contributed by atoms with Crippen LogP contribution in [-0.2, 0) is 21.2 Å². The van der Waals surface area contributed by atoms with Gasteiger partial charge in [0.25, 0.3) is 0 Å². The molecule has 3 heterocycles. The number of aryl methyl sites for hydroxylation is 1. The smallest absolute Gasteiger partial charge is 0.229 e. The van der Waals surface area contributed by atoms with Crippen molar-refractivity contribution >= 4 is 10.0 Å². The van der Waals surface area contributed by atoms with Crippen LogP contribution in [0.25, 0.3) is 0 Å². The fourth-order valence-corrected chi connectivity index (χ4v) is 4.14. The number of aromatic nitrogens is 2. The molecule has 0 unspecified atom stereocenters. The van der Waals surface area contributed by atoms with Crippen LogP contribution in [-0.4, -0.2) is 53.9 Å². The highest BCUT2D eigenvalue weighted by molar-refractivity contribution is 7.89. The van der Waals surface area contributed by atoms with Crippen molar-refractivity contribution < 1.29 is 17.7 Å². The highest BCUT2D eigenvalue weighted by atomic mass is 32.2. The zero-order valence-electron chi connectivity index (χ0n) is 11.7. The Morgan fingerprint density at radius 3 is 2.80 bits per heavy atom. The van der Waals surface area contributed by atoms with Gasteiger partial charge in [0.2, 0.25) is 15.9 Å². The maximum atomic E-state index is 11.8. The summed E-state index contributed by atoms with van der Waals surface area (Å²) < 4.78 is 36.3. The van der Waals surface area contributed by atoms with Crippen LogP contribution in [0.4, 0.5) is 0 Å². The fourth-order valence-electron chi connectivity index (χ4n) is 2.98. The van der Waals surface area contributed by atoms with E-state index in [0.717, 1.165) is 6.42 Å². The van der Waals surface area contributed by atoms with Crippen LogP contribution < -0.4 is 0 Å². The van der Waals surface area contributed by atoms with E-state index in [1.807, 2.05) is 0 Å². The summed E-state index contributed by atoms with van der Waals surface area (Å²) in [6.07, 6.45) is 1.51. The van der Waals surface area contributed by atoms with Gasteiger partial charge in [0.15, 0.2) is 5.82 Å². The third kappa shape index (κ3) is 2.59. The van der Waals surface area contributed by atoms with Gasteiger partial charge in [0.05, 0.1) is 24.4 Å². The molecule has 8 heteroatoms. The molecule has 3 atom stereocenters. The lowest BCUT2D eigenvalue weighted by Gasteiger charge is -2.17. The maximum absolute atomic E-state index is 11.8. The summed E-state index contributed by atoms with van der Waals surface area (Å²) in [5, 5.41) is 3.76. The number of nitrogens with zero attached hydrogens (tertiary/aromatic N) is 3. The first-order valence-electron chi connectivity index (χ1n) is 6.90. The number of ether oxygens (including phenoxy) is 1. The zero-order chi connectivity index (χ0) is 14.3. The van der Waals surface area contributed by atoms with Crippen molar-refractivity contribution in [3.8, 4) is 0 Å². The Hall–Kier alpha value is -0.990. The summed E-state index contributed by atoms with van der Waals surface area (Å²) in [4.78, 5) is 4.17. The molecule has 0 N–H and O–H groups in total. The van der Waals surface area contributed by atoms with E-state index in [2.05, 4.69) is 10.1 Å². The van der Waals surface area contributed by atoms with Gasteiger partial charge in [-0.25, -0.2) is 8.42 Å². The molecule has 2 aliphatic rings. The molecule has 0 aliphatic carbocycles. The number of hydrogen-bond donors (Lipinski definition) is 0. The third-order valence-corrected chi connectivity index (χ3v) is 5.83. The molecule has 112 valence electrons. The molecule has 0 aromatic carbocycles. The summed E-state index contributed by atoms with van der Waals surface area (Å²) in [6, 6.07) is 0. The van der Waals surface area contributed by atoms with E-state index in [4.69, 9.17) is 9.26 Å². The van der Waals surface area contributed by atoms with Crippen molar-refractivity contribution in [3.63, 3.8) is 0 Å². The summed E-state index contributed by atoms with van der Waals surface area (Å²) in [6.45, 7) is 4.50. The molecule has 0 bridgehead atoms. The molecule has 2 aliphatic heterocycles. The standard InChI is InChI=1S/C12H19N3O4S/c1-3-20(16,17)15-6-9-4-10(18-11(9)7-15)5-12-13-8(2)14-19-12/h9-11H,3-7H2,1-2H3/t9-,10-,11+/m0/s1. The normalized spacial score (nSPS) is 30.8. The minimum Gasteiger partial charge on any atom is -0.373 e. The minimum atomic E-state index is -3.10. The summed E-state index contributed by atoms with van der Waals surface area (Å²) in [5.74, 6) is 1.64. The predicted octanol–water partition coefficient (Wildman–Crippen LogP) is 0.360. The molecule has 2 fully saturated rings. The second-order valence-corrected chi connectivity index (χ2v) is 7.71. The Balaban J connectivity index is 1.58. The van der Waals surface area contributed by atoms with Gasteiger partial charge in [-0.3, -0.25) is 0 Å². The first-order valence-corrected chi connectivity index (χ1v) is 8.51. The average molecular weight is 301 g/mol. The molecule has 2 saturated heterocycles. The lowest BCUT2D eigenvalue weighted by Crippen LogP contribution is -2.32. The van der Waals surface area contributed by atoms with Gasteiger partial charge in [-0.05, 0) is 20.3 Å². The summed E-state index contributed by atoms with van der Waals surface area (Å²) in [5.41, 5.74) is 0. The van der Waals surface area contributed by atoms with Crippen molar-refractivity contribution in [2.75, 3.05) is 18.8 Å². The second kappa shape index (κ2) is 5.09. The Morgan fingerprint density at radius 2 is 2.20 bits per heavy atom. The number of hydrogen-bond acceptors (Lipinski definition) is 6. The predicted molar refractivity (Wildman–Crippen MR) is 70.5 cm³/mol. The quantitative estimate of drug-likeness (QED) is 0.798. The molecular formula is C12H19N3O4S. The van der Waals surface area contributed by atoms with E-state index >= 15 is 0 Å². The largest absolute Gasteiger partial charge is 0.373 e. The Morgan fingerprint density at radius 1 is 1.40 bits per heavy atom. The van der Waals surface area contributed by atoms with Crippen LogP contribution in [0.3, 0.4) is 0 Å². The highest BCUT2D eigenvalue weighted by Gasteiger charge is 2.45. The van der Waals surface area contributed by atoms with Gasteiger partial charge in [0.1, 0.15) is 0 Å². The third-order valence-electron chi connectivity index (χ3n) is 4.01. The SMILES string of the molecule is CCS(=O)(=O)N1C[C@@H]2C[C@@H](Cc3nc(C)no3)O[C@@H]2C1. The molecule has 0 radical (unpaired) electrons. The van der Waals surface area contributed by atoms with Crippen LogP contribution in [0.1, 0.15) is 25.1 Å². The summed E-state index contributed by atoms with van der Waals surface area (Å²) >= 11 is 0. The van der Waals surface area contributed by atoms with E-state index < -0.39 is 10.0 Å². The summed E-state index contributed by atoms with van der Waals surface area (Å²) in [7, 11) is -3.10. The van der Waals surface area contributed by atoms with Gasteiger partial charge in [-0.1, -0.05) is 5.16 Å². The first kappa shape index (κ1) is 14.0. The lowest BCUT2D eigenvalue weighted by atomic mass is 10.0. The second-order valence-electron chi connectivity index (χ2n) is 5.45. The van der Waals surface area contributed by atoms with Crippen molar-refractivity contribution in [3.05, 3.63) is 11.7 Å². The minimum absolute atomic E-state index is 0.00495. The van der Waals surface area contributed by atoms with E-state index in [1.165, 1.54) is 0 Å². The van der Waals surface area contributed by atoms with Gasteiger partial charge in [0, 0.05) is 19.0 Å². The van der Waals surface area contributed by atoms with E-state index in [0.29, 0.717) is 31.2 Å². The van der Waals surface area contributed by atoms with Crippen molar-refractivity contribution in [2.45, 2.75) is 38.9 Å². The maximum Gasteiger partial charge on any atom is 0.229 e. The highest BCUT2D eigenvalue weighted by Crippen LogP contribution is 2.35. The lowest BCUT2D eigenvalue weighted by molar-refractivity contribution is 0.0400. The molecule has 0 amide bonds. The number of fused-ring (bicyclic) bond motifs is 1. The first-order chi connectivity index (χ1) is 9.48. The van der Waals surface area contributed by atoms with E-state index in [9.17, 15) is 8.42 Å². The molecule has 0 spiro atoms. The Bertz CT molecular complexity index is 571. The van der Waals surface area contributed by atoms with Crippen molar-refractivity contribution in [2.24, 2.45) is 5.92 Å². The van der Waals surface area contributed by atoms with Crippen LogP contribution >= 0.6 is 0 Å². The molecule has 7 nitrogen and oxygen atoms in total. The molecule has 1 aromatic heterocycles. The molecular weight excluding hydrogens is 282 g/mol. The monoisotopic (exact) mass is 301 g/mol. The van der Waals surface area contributed by atoms with Gasteiger partial charge < -0.3 is 9.26 Å². The van der Waals surface area contributed by atoms with Crippen LogP contribution in [0.15, 0.2) is 4.52 Å². The van der Waals surface area contributed by atoms with Crippen molar-refractivity contribution in [1.29, 1.82) is 0 Å². The molecule has 1 aromatic rings. The van der Waals surface area contributed by atoms with Crippen LogP contribution in [0.5, 0.6) is 0 Å². The van der Waals surface area contributed by atoms with Crippen LogP contribution in [0, 0.1) is 12.8 Å².